The lowest BCUT2D eigenvalue weighted by Gasteiger charge is -2.28. The number of amides is 1. The Hall–Kier alpha value is -2.12. The molecule has 0 radical (unpaired) electrons. The zero-order valence-corrected chi connectivity index (χ0v) is 12.6. The first-order valence-corrected chi connectivity index (χ1v) is 7.14. The van der Waals surface area contributed by atoms with E-state index in [1.807, 2.05) is 36.2 Å². The third-order valence-corrected chi connectivity index (χ3v) is 3.58. The number of rotatable bonds is 7. The highest BCUT2D eigenvalue weighted by atomic mass is 16.5. The van der Waals surface area contributed by atoms with Crippen molar-refractivity contribution >= 4 is 23.8 Å². The molecule has 1 heterocycles. The van der Waals surface area contributed by atoms with Crippen LogP contribution in [0.3, 0.4) is 0 Å². The number of anilines is 2. The maximum absolute atomic E-state index is 11.8. The number of hydrogen-bond acceptors (Lipinski definition) is 6. The number of nitrogens with zero attached hydrogens (tertiary/aromatic N) is 2. The van der Waals surface area contributed by atoms with E-state index in [9.17, 15) is 9.59 Å². The Bertz CT molecular complexity index is 506. The fraction of sp³-hybridized carbons (Fsp3) is 0.467. The smallest absolute Gasteiger partial charge is 0.293 e. The Kier molecular flexibility index (Phi) is 5.74. The van der Waals surface area contributed by atoms with Crippen molar-refractivity contribution in [1.29, 1.82) is 0 Å². The molecule has 0 aromatic heterocycles. The average molecular weight is 307 g/mol. The Balaban J connectivity index is 2.01. The van der Waals surface area contributed by atoms with Crippen molar-refractivity contribution < 1.29 is 19.1 Å². The predicted octanol–water partition coefficient (Wildman–Crippen LogP) is -0.0137. The van der Waals surface area contributed by atoms with Crippen molar-refractivity contribution in [1.82, 2.24) is 0 Å². The molecule has 1 atom stereocenters. The number of hydrogen-bond donors (Lipinski definition) is 1. The van der Waals surface area contributed by atoms with Crippen molar-refractivity contribution in [2.24, 2.45) is 5.73 Å². The van der Waals surface area contributed by atoms with E-state index >= 15 is 0 Å². The van der Waals surface area contributed by atoms with Crippen LogP contribution in [-0.4, -0.2) is 58.4 Å². The molecule has 0 bridgehead atoms. The molecule has 1 aromatic carbocycles. The van der Waals surface area contributed by atoms with E-state index in [0.717, 1.165) is 11.4 Å². The number of carbonyl (C=O) groups is 2. The Labute approximate surface area is 129 Å². The van der Waals surface area contributed by atoms with Crippen molar-refractivity contribution in [2.45, 2.75) is 6.10 Å². The summed E-state index contributed by atoms with van der Waals surface area (Å²) >= 11 is 0. The first-order chi connectivity index (χ1) is 10.7. The summed E-state index contributed by atoms with van der Waals surface area (Å²) in [6.07, 6.45) is -0.344. The standard InChI is InChI=1S/C15H21N3O4/c1-17(9-14(8-16)22-11-19)12-2-4-13(5-3-12)18-6-7-21-10-15(18)20/h2-5,11,14H,6-10,16H2,1H3. The molecule has 120 valence electrons. The van der Waals surface area contributed by atoms with E-state index in [4.69, 9.17) is 15.2 Å². The molecule has 0 aliphatic carbocycles. The SMILES string of the molecule is CN(CC(CN)OC=O)c1ccc(N2CCOCC2=O)cc1. The minimum absolute atomic E-state index is 0.0325. The lowest BCUT2D eigenvalue weighted by molar-refractivity contribution is -0.132. The molecule has 1 aliphatic rings. The summed E-state index contributed by atoms with van der Waals surface area (Å²) in [6, 6.07) is 7.64. The minimum atomic E-state index is -0.344. The van der Waals surface area contributed by atoms with Crippen LogP contribution in [-0.2, 0) is 19.1 Å². The van der Waals surface area contributed by atoms with Gasteiger partial charge in [-0.25, -0.2) is 0 Å². The minimum Gasteiger partial charge on any atom is -0.461 e. The van der Waals surface area contributed by atoms with Gasteiger partial charge in [0.2, 0.25) is 0 Å². The predicted molar refractivity (Wildman–Crippen MR) is 82.9 cm³/mol. The molecule has 1 saturated heterocycles. The van der Waals surface area contributed by atoms with Gasteiger partial charge in [0.15, 0.2) is 0 Å². The summed E-state index contributed by atoms with van der Waals surface area (Å²) in [5.74, 6) is -0.0325. The maximum Gasteiger partial charge on any atom is 0.293 e. The first kappa shape index (κ1) is 16.3. The number of ether oxygens (including phenoxy) is 2. The van der Waals surface area contributed by atoms with Crippen LogP contribution >= 0.6 is 0 Å². The molecule has 1 amide bonds. The monoisotopic (exact) mass is 307 g/mol. The third-order valence-electron chi connectivity index (χ3n) is 3.58. The molecule has 1 unspecified atom stereocenters. The first-order valence-electron chi connectivity index (χ1n) is 7.14. The molecular weight excluding hydrogens is 286 g/mol. The molecule has 7 nitrogen and oxygen atoms in total. The number of likely N-dealkylation sites (N-methyl/N-ethyl adjacent to an activating group) is 1. The summed E-state index contributed by atoms with van der Waals surface area (Å²) in [5, 5.41) is 0. The number of morpholine rings is 1. The van der Waals surface area contributed by atoms with E-state index in [0.29, 0.717) is 26.2 Å². The van der Waals surface area contributed by atoms with E-state index in [2.05, 4.69) is 0 Å². The number of benzene rings is 1. The molecule has 1 aromatic rings. The molecule has 0 saturated carbocycles. The molecule has 1 aliphatic heterocycles. The molecule has 0 spiro atoms. The zero-order chi connectivity index (χ0) is 15.9. The molecule has 1 fully saturated rings. The number of carbonyl (C=O) groups excluding carboxylic acids is 2. The Morgan fingerprint density at radius 1 is 1.45 bits per heavy atom. The van der Waals surface area contributed by atoms with Crippen LogP contribution in [0.25, 0.3) is 0 Å². The second kappa shape index (κ2) is 7.77. The van der Waals surface area contributed by atoms with Gasteiger partial charge in [0.1, 0.15) is 12.7 Å². The fourth-order valence-corrected chi connectivity index (χ4v) is 2.34. The summed E-state index contributed by atoms with van der Waals surface area (Å²) in [6.45, 7) is 2.43. The molecule has 2 N–H and O–H groups in total. The van der Waals surface area contributed by atoms with Gasteiger partial charge in [0.05, 0.1) is 13.2 Å². The quantitative estimate of drug-likeness (QED) is 0.713. The highest BCUT2D eigenvalue weighted by molar-refractivity contribution is 5.95. The van der Waals surface area contributed by atoms with Crippen molar-refractivity contribution in [3.8, 4) is 0 Å². The molecule has 2 rings (SSSR count). The van der Waals surface area contributed by atoms with Crippen molar-refractivity contribution in [3.05, 3.63) is 24.3 Å². The summed E-state index contributed by atoms with van der Waals surface area (Å²) in [7, 11) is 1.89. The topological polar surface area (TPSA) is 85.1 Å². The van der Waals surface area contributed by atoms with Crippen LogP contribution in [0.4, 0.5) is 11.4 Å². The normalized spacial score (nSPS) is 16.3. The van der Waals surface area contributed by atoms with E-state index in [1.165, 1.54) is 0 Å². The van der Waals surface area contributed by atoms with Crippen molar-refractivity contribution in [2.75, 3.05) is 49.7 Å². The summed E-state index contributed by atoms with van der Waals surface area (Å²) in [5.41, 5.74) is 7.36. The van der Waals surface area contributed by atoms with Crippen LogP contribution < -0.4 is 15.5 Å². The van der Waals surface area contributed by atoms with Gasteiger partial charge in [-0.3, -0.25) is 9.59 Å². The summed E-state index contributed by atoms with van der Waals surface area (Å²) in [4.78, 5) is 25.9. The van der Waals surface area contributed by atoms with E-state index in [1.54, 1.807) is 4.90 Å². The van der Waals surface area contributed by atoms with Gasteiger partial charge >= 0.3 is 0 Å². The van der Waals surface area contributed by atoms with Gasteiger partial charge in [0, 0.05) is 31.5 Å². The van der Waals surface area contributed by atoms with Crippen LogP contribution in [0.2, 0.25) is 0 Å². The van der Waals surface area contributed by atoms with Crippen LogP contribution in [0.5, 0.6) is 0 Å². The highest BCUT2D eigenvalue weighted by Crippen LogP contribution is 2.21. The Morgan fingerprint density at radius 3 is 2.77 bits per heavy atom. The fourth-order valence-electron chi connectivity index (χ4n) is 2.34. The maximum atomic E-state index is 11.8. The van der Waals surface area contributed by atoms with E-state index < -0.39 is 0 Å². The molecule has 7 heteroatoms. The van der Waals surface area contributed by atoms with Gasteiger partial charge in [-0.05, 0) is 24.3 Å². The van der Waals surface area contributed by atoms with Crippen LogP contribution in [0.15, 0.2) is 24.3 Å². The molecular formula is C15H21N3O4. The third kappa shape index (κ3) is 3.96. The van der Waals surface area contributed by atoms with E-state index in [-0.39, 0.29) is 25.2 Å². The molecule has 22 heavy (non-hydrogen) atoms. The van der Waals surface area contributed by atoms with Gasteiger partial charge in [0.25, 0.3) is 12.4 Å². The summed E-state index contributed by atoms with van der Waals surface area (Å²) < 4.78 is 10.0. The lowest BCUT2D eigenvalue weighted by atomic mass is 10.2. The largest absolute Gasteiger partial charge is 0.461 e. The van der Waals surface area contributed by atoms with Crippen molar-refractivity contribution in [3.63, 3.8) is 0 Å². The lowest BCUT2D eigenvalue weighted by Crippen LogP contribution is -2.41. The van der Waals surface area contributed by atoms with Crippen LogP contribution in [0, 0.1) is 0 Å². The second-order valence-corrected chi connectivity index (χ2v) is 5.08. The zero-order valence-electron chi connectivity index (χ0n) is 12.6. The van der Waals surface area contributed by atoms with Gasteiger partial charge < -0.3 is 25.0 Å². The second-order valence-electron chi connectivity index (χ2n) is 5.08. The van der Waals surface area contributed by atoms with Gasteiger partial charge in [-0.2, -0.15) is 0 Å². The van der Waals surface area contributed by atoms with Gasteiger partial charge in [-0.1, -0.05) is 0 Å². The van der Waals surface area contributed by atoms with Crippen LogP contribution in [0.1, 0.15) is 0 Å². The Morgan fingerprint density at radius 2 is 2.18 bits per heavy atom. The highest BCUT2D eigenvalue weighted by Gasteiger charge is 2.20. The average Bonchev–Trinajstić information content (AvgIpc) is 2.55. The van der Waals surface area contributed by atoms with Gasteiger partial charge in [-0.15, -0.1) is 0 Å². The number of nitrogens with two attached hydrogens (primary N) is 1.